The van der Waals surface area contributed by atoms with E-state index >= 15 is 0 Å². The average Bonchev–Trinajstić information content (AvgIpc) is 3.17. The normalized spacial score (nSPS) is 25.8. The van der Waals surface area contributed by atoms with Crippen LogP contribution in [-0.4, -0.2) is 59.3 Å². The number of aromatic nitrogens is 3. The van der Waals surface area contributed by atoms with Crippen molar-refractivity contribution in [3.05, 3.63) is 12.2 Å². The third-order valence-corrected chi connectivity index (χ3v) is 6.81. The number of nitrogens with zero attached hydrogens (tertiary/aromatic N) is 4. The largest absolute Gasteiger partial charge is 0.354 e. The molecule has 0 radical (unpaired) electrons. The van der Waals surface area contributed by atoms with Gasteiger partial charge < -0.3 is 10.6 Å². The van der Waals surface area contributed by atoms with Gasteiger partial charge in [0.2, 0.25) is 0 Å². The van der Waals surface area contributed by atoms with Gasteiger partial charge in [0.1, 0.15) is 12.2 Å². The predicted molar refractivity (Wildman–Crippen MR) is 113 cm³/mol. The lowest BCUT2D eigenvalue weighted by Crippen LogP contribution is -2.49. The molecule has 0 bridgehead atoms. The third kappa shape index (κ3) is 5.80. The maximum Gasteiger partial charge on any atom is 0.191 e. The molecule has 0 aromatic carbocycles. The molecule has 3 rings (SSSR count). The van der Waals surface area contributed by atoms with Gasteiger partial charge >= 0.3 is 0 Å². The standard InChI is InChI=1S/C16H28N6O2S.HI/c1-3-12(2)20-16(17-8-13-6-7-25(23,24)10-13)21-14-4-5-15-18-11-19-22(15)9-14;/h11-14H,3-10H2,1-2H3,(H2,17,20,21);1H. The van der Waals surface area contributed by atoms with E-state index in [1.807, 2.05) is 4.68 Å². The van der Waals surface area contributed by atoms with Crippen LogP contribution in [0.25, 0.3) is 0 Å². The Hall–Kier alpha value is -0.910. The molecule has 0 spiro atoms. The summed E-state index contributed by atoms with van der Waals surface area (Å²) in [7, 11) is -2.85. The van der Waals surface area contributed by atoms with Crippen molar-refractivity contribution in [3.8, 4) is 0 Å². The Morgan fingerprint density at radius 2 is 2.27 bits per heavy atom. The molecule has 0 aliphatic carbocycles. The lowest BCUT2D eigenvalue weighted by molar-refractivity contribution is 0.390. The second-order valence-corrected chi connectivity index (χ2v) is 9.38. The first-order chi connectivity index (χ1) is 11.9. The zero-order valence-corrected chi connectivity index (χ0v) is 18.5. The van der Waals surface area contributed by atoms with Crippen molar-refractivity contribution in [3.63, 3.8) is 0 Å². The molecular weight excluding hydrogens is 467 g/mol. The number of hydrogen-bond donors (Lipinski definition) is 2. The Bertz CT molecular complexity index is 720. The van der Waals surface area contributed by atoms with Crippen molar-refractivity contribution < 1.29 is 8.42 Å². The summed E-state index contributed by atoms with van der Waals surface area (Å²) in [5.41, 5.74) is 0. The molecule has 3 atom stereocenters. The van der Waals surface area contributed by atoms with E-state index in [1.165, 1.54) is 0 Å². The fourth-order valence-corrected chi connectivity index (χ4v) is 5.10. The van der Waals surface area contributed by atoms with Crippen molar-refractivity contribution in [2.75, 3.05) is 18.1 Å². The molecular formula is C16H29IN6O2S. The summed E-state index contributed by atoms with van der Waals surface area (Å²) >= 11 is 0. The van der Waals surface area contributed by atoms with Gasteiger partial charge in [-0.05, 0) is 32.1 Å². The molecule has 1 aromatic rings. The molecule has 3 heterocycles. The molecule has 8 nitrogen and oxygen atoms in total. The number of rotatable bonds is 5. The second kappa shape index (κ2) is 9.34. The fraction of sp³-hybridized carbons (Fsp3) is 0.812. The summed E-state index contributed by atoms with van der Waals surface area (Å²) in [5, 5.41) is 11.2. The van der Waals surface area contributed by atoms with Crippen molar-refractivity contribution >= 4 is 39.8 Å². The summed E-state index contributed by atoms with van der Waals surface area (Å²) in [6, 6.07) is 0.556. The molecule has 0 amide bonds. The molecule has 3 unspecified atom stereocenters. The molecule has 2 N–H and O–H groups in total. The van der Waals surface area contributed by atoms with E-state index < -0.39 is 9.84 Å². The van der Waals surface area contributed by atoms with Gasteiger partial charge in [-0.1, -0.05) is 6.92 Å². The highest BCUT2D eigenvalue weighted by Gasteiger charge is 2.28. The Kier molecular flexibility index (Phi) is 7.68. The summed E-state index contributed by atoms with van der Waals surface area (Å²) in [4.78, 5) is 8.94. The zero-order valence-electron chi connectivity index (χ0n) is 15.4. The molecule has 1 aromatic heterocycles. The molecule has 26 heavy (non-hydrogen) atoms. The minimum atomic E-state index is -2.85. The van der Waals surface area contributed by atoms with Gasteiger partial charge in [0, 0.05) is 25.0 Å². The highest BCUT2D eigenvalue weighted by molar-refractivity contribution is 14.0. The van der Waals surface area contributed by atoms with Gasteiger partial charge in [-0.3, -0.25) is 4.99 Å². The molecule has 2 aliphatic rings. The number of aryl methyl sites for hydroxylation is 1. The average molecular weight is 496 g/mol. The number of hydrogen-bond acceptors (Lipinski definition) is 5. The van der Waals surface area contributed by atoms with Gasteiger partial charge in [-0.15, -0.1) is 24.0 Å². The van der Waals surface area contributed by atoms with Crippen LogP contribution in [0.4, 0.5) is 0 Å². The van der Waals surface area contributed by atoms with Gasteiger partial charge in [0.05, 0.1) is 18.1 Å². The fourth-order valence-electron chi connectivity index (χ4n) is 3.25. The smallest absolute Gasteiger partial charge is 0.191 e. The van der Waals surface area contributed by atoms with E-state index in [0.29, 0.717) is 24.8 Å². The number of nitrogens with one attached hydrogen (secondary N) is 2. The highest BCUT2D eigenvalue weighted by Crippen LogP contribution is 2.18. The van der Waals surface area contributed by atoms with E-state index in [2.05, 4.69) is 39.6 Å². The van der Waals surface area contributed by atoms with Crippen molar-refractivity contribution in [1.82, 2.24) is 25.4 Å². The number of halogens is 1. The molecule has 0 saturated carbocycles. The Balaban J connectivity index is 0.00000243. The number of guanidine groups is 1. The Labute approximate surface area is 172 Å². The maximum atomic E-state index is 11.6. The van der Waals surface area contributed by atoms with Gasteiger partial charge in [0.25, 0.3) is 0 Å². The molecule has 10 heteroatoms. The van der Waals surface area contributed by atoms with E-state index in [1.54, 1.807) is 6.33 Å². The van der Waals surface area contributed by atoms with Crippen LogP contribution in [0.5, 0.6) is 0 Å². The van der Waals surface area contributed by atoms with Crippen LogP contribution in [0, 0.1) is 5.92 Å². The molecule has 2 aliphatic heterocycles. The minimum Gasteiger partial charge on any atom is -0.354 e. The van der Waals surface area contributed by atoms with Gasteiger partial charge in [-0.25, -0.2) is 18.1 Å². The summed E-state index contributed by atoms with van der Waals surface area (Å²) < 4.78 is 25.2. The zero-order chi connectivity index (χ0) is 17.9. The van der Waals surface area contributed by atoms with Crippen LogP contribution < -0.4 is 10.6 Å². The number of sulfone groups is 1. The maximum absolute atomic E-state index is 11.6. The highest BCUT2D eigenvalue weighted by atomic mass is 127. The first-order valence-corrected chi connectivity index (χ1v) is 10.9. The van der Waals surface area contributed by atoms with Crippen LogP contribution in [0.3, 0.4) is 0 Å². The van der Waals surface area contributed by atoms with Crippen LogP contribution in [-0.2, 0) is 22.8 Å². The summed E-state index contributed by atoms with van der Waals surface area (Å²) in [6.07, 6.45) is 5.20. The first-order valence-electron chi connectivity index (χ1n) is 9.10. The monoisotopic (exact) mass is 496 g/mol. The van der Waals surface area contributed by atoms with Crippen molar-refractivity contribution in [1.29, 1.82) is 0 Å². The van der Waals surface area contributed by atoms with E-state index in [0.717, 1.165) is 37.6 Å². The SMILES string of the molecule is CCC(C)NC(=NCC1CCS(=O)(=O)C1)NC1CCc2ncnn2C1.I. The second-order valence-electron chi connectivity index (χ2n) is 7.15. The van der Waals surface area contributed by atoms with Crippen molar-refractivity contribution in [2.45, 2.75) is 58.2 Å². The van der Waals surface area contributed by atoms with Crippen molar-refractivity contribution in [2.24, 2.45) is 10.9 Å². The molecule has 1 fully saturated rings. The molecule has 148 valence electrons. The lowest BCUT2D eigenvalue weighted by atomic mass is 10.1. The van der Waals surface area contributed by atoms with E-state index in [-0.39, 0.29) is 41.7 Å². The third-order valence-electron chi connectivity index (χ3n) is 4.98. The van der Waals surface area contributed by atoms with Gasteiger partial charge in [0.15, 0.2) is 15.8 Å². The summed E-state index contributed by atoms with van der Waals surface area (Å²) in [6.45, 7) is 5.56. The topological polar surface area (TPSA) is 101 Å². The minimum absolute atomic E-state index is 0. The Morgan fingerprint density at radius 3 is 2.96 bits per heavy atom. The predicted octanol–water partition coefficient (Wildman–Crippen LogP) is 0.979. The lowest BCUT2D eigenvalue weighted by Gasteiger charge is -2.27. The van der Waals surface area contributed by atoms with Crippen LogP contribution >= 0.6 is 24.0 Å². The van der Waals surface area contributed by atoms with Crippen LogP contribution in [0.15, 0.2) is 11.3 Å². The quantitative estimate of drug-likeness (QED) is 0.358. The van der Waals surface area contributed by atoms with Crippen LogP contribution in [0.2, 0.25) is 0 Å². The molecule has 1 saturated heterocycles. The number of aliphatic imine (C=N–C) groups is 1. The van der Waals surface area contributed by atoms with Gasteiger partial charge in [-0.2, -0.15) is 5.10 Å². The first kappa shape index (κ1) is 21.4. The van der Waals surface area contributed by atoms with Crippen LogP contribution in [0.1, 0.15) is 38.9 Å². The number of fused-ring (bicyclic) bond motifs is 1. The Morgan fingerprint density at radius 1 is 1.46 bits per heavy atom. The summed E-state index contributed by atoms with van der Waals surface area (Å²) in [5.74, 6) is 2.49. The van der Waals surface area contributed by atoms with E-state index in [4.69, 9.17) is 0 Å². The van der Waals surface area contributed by atoms with E-state index in [9.17, 15) is 8.42 Å².